The number of nitrogens with zero attached hydrogens (tertiary/aromatic N) is 1. The minimum atomic E-state index is -4.95. The van der Waals surface area contributed by atoms with Gasteiger partial charge < -0.3 is 0 Å². The summed E-state index contributed by atoms with van der Waals surface area (Å²) in [4.78, 5) is 17.1. The van der Waals surface area contributed by atoms with E-state index in [-0.39, 0.29) is 16.5 Å². The van der Waals surface area contributed by atoms with E-state index in [4.69, 9.17) is 0 Å². The molecule has 0 saturated heterocycles. The molecule has 0 aliphatic carbocycles. The molecule has 0 bridgehead atoms. The SMILES string of the molecule is Cc1nc(-c2ccccc2)sc1C(=O)C=Cc1cc(C(F)(F)F)cc(C(F)(F)F)c1. The summed E-state index contributed by atoms with van der Waals surface area (Å²) in [5, 5.41) is 0.586. The van der Waals surface area contributed by atoms with E-state index >= 15 is 0 Å². The molecule has 3 aromatic rings. The zero-order valence-electron chi connectivity index (χ0n) is 15.3. The third-order valence-corrected chi connectivity index (χ3v) is 5.30. The molecule has 0 amide bonds. The standard InChI is InChI=1S/C21H13F6NOS/c1-12-18(30-19(28-12)14-5-3-2-4-6-14)17(29)8-7-13-9-15(20(22,23)24)11-16(10-13)21(25,26)27/h2-11H,1H3. The molecule has 2 nitrogen and oxygen atoms in total. The van der Waals surface area contributed by atoms with Gasteiger partial charge in [-0.05, 0) is 36.8 Å². The van der Waals surface area contributed by atoms with Crippen LogP contribution in [-0.4, -0.2) is 10.8 Å². The number of halogens is 6. The van der Waals surface area contributed by atoms with Gasteiger partial charge in [0.25, 0.3) is 0 Å². The molecule has 0 atom stereocenters. The van der Waals surface area contributed by atoms with Crippen LogP contribution >= 0.6 is 11.3 Å². The number of rotatable bonds is 4. The molecule has 0 spiro atoms. The Labute approximate surface area is 171 Å². The zero-order chi connectivity index (χ0) is 22.1. The van der Waals surface area contributed by atoms with Gasteiger partial charge in [-0.1, -0.05) is 36.4 Å². The normalized spacial score (nSPS) is 12.5. The van der Waals surface area contributed by atoms with E-state index in [2.05, 4.69) is 4.98 Å². The molecule has 0 aliphatic heterocycles. The smallest absolute Gasteiger partial charge is 0.288 e. The first-order valence-corrected chi connectivity index (χ1v) is 9.31. The van der Waals surface area contributed by atoms with Gasteiger partial charge in [-0.25, -0.2) is 4.98 Å². The second-order valence-corrected chi connectivity index (χ2v) is 7.34. The zero-order valence-corrected chi connectivity index (χ0v) is 16.1. The molecular formula is C21H13F6NOS. The van der Waals surface area contributed by atoms with Crippen molar-refractivity contribution in [2.45, 2.75) is 19.3 Å². The van der Waals surface area contributed by atoms with Crippen molar-refractivity contribution in [3.8, 4) is 10.6 Å². The highest BCUT2D eigenvalue weighted by Gasteiger charge is 2.36. The Morgan fingerprint density at radius 3 is 2.03 bits per heavy atom. The molecule has 0 saturated carbocycles. The minimum Gasteiger partial charge on any atom is -0.288 e. The number of carbonyl (C=O) groups excluding carboxylic acids is 1. The highest BCUT2D eigenvalue weighted by molar-refractivity contribution is 7.17. The van der Waals surface area contributed by atoms with Crippen LogP contribution in [0.1, 0.15) is 32.1 Å². The molecule has 0 fully saturated rings. The Bertz CT molecular complexity index is 1060. The van der Waals surface area contributed by atoms with Crippen LogP contribution in [0.25, 0.3) is 16.6 Å². The summed E-state index contributed by atoms with van der Waals surface area (Å²) in [6.07, 6.45) is -8.02. The lowest BCUT2D eigenvalue weighted by Crippen LogP contribution is -2.11. The lowest BCUT2D eigenvalue weighted by atomic mass is 10.0. The minimum absolute atomic E-state index is 0.0403. The molecular weight excluding hydrogens is 428 g/mol. The van der Waals surface area contributed by atoms with Crippen molar-refractivity contribution in [3.63, 3.8) is 0 Å². The maximum absolute atomic E-state index is 13.0. The number of ketones is 1. The molecule has 0 unspecified atom stereocenters. The number of aryl methyl sites for hydroxylation is 1. The largest absolute Gasteiger partial charge is 0.416 e. The van der Waals surface area contributed by atoms with Gasteiger partial charge in [0, 0.05) is 5.56 Å². The van der Waals surface area contributed by atoms with Crippen LogP contribution < -0.4 is 0 Å². The van der Waals surface area contributed by atoms with Gasteiger partial charge >= 0.3 is 12.4 Å². The van der Waals surface area contributed by atoms with Crippen LogP contribution in [0, 0.1) is 6.92 Å². The van der Waals surface area contributed by atoms with Gasteiger partial charge in [0.2, 0.25) is 0 Å². The van der Waals surface area contributed by atoms with Crippen LogP contribution in [0.3, 0.4) is 0 Å². The molecule has 2 aromatic carbocycles. The fourth-order valence-electron chi connectivity index (χ4n) is 2.65. The van der Waals surface area contributed by atoms with Gasteiger partial charge in [-0.2, -0.15) is 26.3 Å². The topological polar surface area (TPSA) is 30.0 Å². The van der Waals surface area contributed by atoms with Gasteiger partial charge in [0.15, 0.2) is 5.78 Å². The molecule has 9 heteroatoms. The van der Waals surface area contributed by atoms with Gasteiger partial charge in [-0.15, -0.1) is 11.3 Å². The van der Waals surface area contributed by atoms with E-state index in [1.807, 2.05) is 18.2 Å². The second kappa shape index (κ2) is 8.06. The summed E-state index contributed by atoms with van der Waals surface area (Å²) in [5.41, 5.74) is -2.04. The van der Waals surface area contributed by atoms with Crippen LogP contribution in [0.5, 0.6) is 0 Å². The molecule has 0 radical (unpaired) electrons. The highest BCUT2D eigenvalue weighted by atomic mass is 32.1. The molecule has 3 rings (SSSR count). The number of alkyl halides is 6. The highest BCUT2D eigenvalue weighted by Crippen LogP contribution is 2.36. The Kier molecular flexibility index (Phi) is 5.85. The lowest BCUT2D eigenvalue weighted by molar-refractivity contribution is -0.143. The van der Waals surface area contributed by atoms with Crippen molar-refractivity contribution in [1.82, 2.24) is 4.98 Å². The number of hydrogen-bond donors (Lipinski definition) is 0. The third kappa shape index (κ3) is 4.96. The summed E-state index contributed by atoms with van der Waals surface area (Å²) >= 11 is 1.10. The van der Waals surface area contributed by atoms with Crippen LogP contribution in [0.2, 0.25) is 0 Å². The monoisotopic (exact) mass is 441 g/mol. The average molecular weight is 441 g/mol. The molecule has 0 aliphatic rings. The second-order valence-electron chi connectivity index (χ2n) is 6.34. The van der Waals surface area contributed by atoms with Crippen molar-refractivity contribution in [2.75, 3.05) is 0 Å². The first kappa shape index (κ1) is 21.8. The van der Waals surface area contributed by atoms with Gasteiger partial charge in [0.1, 0.15) is 5.01 Å². The van der Waals surface area contributed by atoms with E-state index < -0.39 is 29.3 Å². The first-order chi connectivity index (χ1) is 13.9. The van der Waals surface area contributed by atoms with Crippen LogP contribution in [0.4, 0.5) is 26.3 Å². The molecule has 30 heavy (non-hydrogen) atoms. The van der Waals surface area contributed by atoms with E-state index in [1.165, 1.54) is 0 Å². The summed E-state index contributed by atoms with van der Waals surface area (Å²) < 4.78 is 77.7. The Hall–Kier alpha value is -2.94. The van der Waals surface area contributed by atoms with E-state index in [0.717, 1.165) is 29.1 Å². The predicted octanol–water partition coefficient (Wildman–Crippen LogP) is 7.05. The molecule has 0 N–H and O–H groups in total. The van der Waals surface area contributed by atoms with Gasteiger partial charge in [0.05, 0.1) is 21.7 Å². The third-order valence-electron chi connectivity index (χ3n) is 4.08. The van der Waals surface area contributed by atoms with E-state index in [0.29, 0.717) is 22.8 Å². The average Bonchev–Trinajstić information content (AvgIpc) is 3.07. The quantitative estimate of drug-likeness (QED) is 0.247. The predicted molar refractivity (Wildman–Crippen MR) is 102 cm³/mol. The maximum atomic E-state index is 13.0. The maximum Gasteiger partial charge on any atom is 0.416 e. The lowest BCUT2D eigenvalue weighted by Gasteiger charge is -2.12. The van der Waals surface area contributed by atoms with Gasteiger partial charge in [-0.3, -0.25) is 4.79 Å². The van der Waals surface area contributed by atoms with Crippen molar-refractivity contribution in [1.29, 1.82) is 0 Å². The van der Waals surface area contributed by atoms with E-state index in [1.54, 1.807) is 19.1 Å². The Morgan fingerprint density at radius 2 is 1.50 bits per heavy atom. The van der Waals surface area contributed by atoms with Crippen molar-refractivity contribution < 1.29 is 31.1 Å². The van der Waals surface area contributed by atoms with Crippen LogP contribution in [0.15, 0.2) is 54.6 Å². The molecule has 1 heterocycles. The molecule has 156 valence electrons. The summed E-state index contributed by atoms with van der Waals surface area (Å²) in [7, 11) is 0. The summed E-state index contributed by atoms with van der Waals surface area (Å²) in [6.45, 7) is 1.61. The number of allylic oxidation sites excluding steroid dienone is 1. The Balaban J connectivity index is 1.92. The fraction of sp³-hybridized carbons (Fsp3) is 0.143. The van der Waals surface area contributed by atoms with Crippen LogP contribution in [-0.2, 0) is 12.4 Å². The van der Waals surface area contributed by atoms with Crippen molar-refractivity contribution >= 4 is 23.2 Å². The molecule has 1 aromatic heterocycles. The van der Waals surface area contributed by atoms with Crippen molar-refractivity contribution in [3.05, 3.63) is 81.9 Å². The number of hydrogen-bond acceptors (Lipinski definition) is 3. The number of thiazole rings is 1. The summed E-state index contributed by atoms with van der Waals surface area (Å²) in [5.74, 6) is -0.557. The van der Waals surface area contributed by atoms with Crippen molar-refractivity contribution in [2.24, 2.45) is 0 Å². The first-order valence-electron chi connectivity index (χ1n) is 8.50. The van der Waals surface area contributed by atoms with E-state index in [9.17, 15) is 31.1 Å². The number of benzene rings is 2. The Morgan fingerprint density at radius 1 is 0.933 bits per heavy atom. The summed E-state index contributed by atoms with van der Waals surface area (Å²) in [6, 6.07) is 10.2. The number of aromatic nitrogens is 1. The number of carbonyl (C=O) groups is 1. The fourth-order valence-corrected chi connectivity index (χ4v) is 3.64.